The summed E-state index contributed by atoms with van der Waals surface area (Å²) in [7, 11) is -1.73. The number of nitrogens with one attached hydrogen (secondary N) is 2. The Hall–Kier alpha value is -1.97. The number of aromatic nitrogens is 2. The van der Waals surface area contributed by atoms with Gasteiger partial charge in [-0.1, -0.05) is 24.0 Å². The van der Waals surface area contributed by atoms with Crippen molar-refractivity contribution in [3.05, 3.63) is 51.3 Å². The van der Waals surface area contributed by atoms with Gasteiger partial charge in [0.1, 0.15) is 18.6 Å². The van der Waals surface area contributed by atoms with E-state index in [0.29, 0.717) is 17.3 Å². The lowest BCUT2D eigenvalue weighted by atomic mass is 10.1. The van der Waals surface area contributed by atoms with Gasteiger partial charge in [-0.15, -0.1) is 11.6 Å². The maximum Gasteiger partial charge on any atom is 0.434 e. The summed E-state index contributed by atoms with van der Waals surface area (Å²) < 4.78 is 26.2. The van der Waals surface area contributed by atoms with Crippen molar-refractivity contribution in [3.8, 4) is 5.75 Å². The van der Waals surface area contributed by atoms with E-state index in [1.54, 1.807) is 13.1 Å². The Bertz CT molecular complexity index is 954. The Morgan fingerprint density at radius 3 is 2.53 bits per heavy atom. The molecule has 2 aromatic rings. The summed E-state index contributed by atoms with van der Waals surface area (Å²) in [6.45, 7) is 7.94. The zero-order chi connectivity index (χ0) is 23.9. The molecule has 2 rings (SSSR count). The molecule has 1 aromatic heterocycles. The first kappa shape index (κ1) is 26.3. The summed E-state index contributed by atoms with van der Waals surface area (Å²) in [5.74, 6) is 0.702. The molecule has 0 amide bonds. The van der Waals surface area contributed by atoms with E-state index >= 15 is 0 Å². The van der Waals surface area contributed by atoms with Crippen molar-refractivity contribution in [2.45, 2.75) is 59.4 Å². The van der Waals surface area contributed by atoms with Crippen molar-refractivity contribution < 1.29 is 18.7 Å². The topological polar surface area (TPSA) is 121 Å². The molecule has 1 unspecified atom stereocenters. The van der Waals surface area contributed by atoms with Crippen molar-refractivity contribution in [2.75, 3.05) is 5.88 Å². The quantitative estimate of drug-likeness (QED) is 0.184. The number of nitrogens with zero attached hydrogens (tertiary/aromatic N) is 3. The zero-order valence-corrected chi connectivity index (χ0v) is 20.7. The number of ether oxygens (including phenoxy) is 1. The normalized spacial score (nSPS) is 15.2. The van der Waals surface area contributed by atoms with Gasteiger partial charge in [0.2, 0.25) is 0 Å². The van der Waals surface area contributed by atoms with Gasteiger partial charge in [0.15, 0.2) is 5.69 Å². The average Bonchev–Trinajstić information content (AvgIpc) is 3.12. The summed E-state index contributed by atoms with van der Waals surface area (Å²) in [5.41, 5.74) is 2.27. The number of aryl methyl sites for hydroxylation is 1. The minimum absolute atomic E-state index is 0.0104. The first-order chi connectivity index (χ1) is 15.1. The maximum atomic E-state index is 13.2. The first-order valence-corrected chi connectivity index (χ1v) is 12.5. The van der Waals surface area contributed by atoms with Crippen LogP contribution in [0, 0.1) is 17.0 Å². The second-order valence-corrected chi connectivity index (χ2v) is 9.89. The standard InChI is InChI=1S/C20H31ClN5O5P/c1-6-15(3)23-32(29,24-16(4)10-21)31-12-17-7-8-19(14(2)9-17)30-13-18-11-22-20(25(18)5)26(27)28/h7-9,11,15-16H,6,10,12-13H2,1-5H3,(H2,23,24,29)/t15-,16-,32?/m1/s1. The first-order valence-electron chi connectivity index (χ1n) is 10.3. The van der Waals surface area contributed by atoms with Gasteiger partial charge >= 0.3 is 13.6 Å². The number of nitro groups is 1. The molecule has 32 heavy (non-hydrogen) atoms. The fourth-order valence-corrected chi connectivity index (χ4v) is 5.01. The van der Waals surface area contributed by atoms with Crippen LogP contribution in [0.4, 0.5) is 5.95 Å². The molecule has 0 radical (unpaired) electrons. The molecule has 2 N–H and O–H groups in total. The van der Waals surface area contributed by atoms with Crippen LogP contribution in [0.25, 0.3) is 0 Å². The molecular weight excluding hydrogens is 457 g/mol. The maximum absolute atomic E-state index is 13.2. The predicted molar refractivity (Wildman–Crippen MR) is 124 cm³/mol. The summed E-state index contributed by atoms with van der Waals surface area (Å²) in [4.78, 5) is 14.2. The average molecular weight is 488 g/mol. The fourth-order valence-electron chi connectivity index (χ4n) is 2.84. The van der Waals surface area contributed by atoms with Crippen LogP contribution in [0.2, 0.25) is 0 Å². The number of rotatable bonds is 13. The number of imidazole rings is 1. The summed E-state index contributed by atoms with van der Waals surface area (Å²) >= 11 is 5.86. The van der Waals surface area contributed by atoms with Gasteiger partial charge in [0, 0.05) is 18.0 Å². The monoisotopic (exact) mass is 487 g/mol. The third-order valence-electron chi connectivity index (χ3n) is 4.88. The third-order valence-corrected chi connectivity index (χ3v) is 7.39. The van der Waals surface area contributed by atoms with Gasteiger partial charge in [-0.2, -0.15) is 0 Å². The largest absolute Gasteiger partial charge is 0.486 e. The minimum atomic E-state index is -3.30. The van der Waals surface area contributed by atoms with Gasteiger partial charge in [-0.25, -0.2) is 14.7 Å². The molecule has 0 saturated carbocycles. The van der Waals surface area contributed by atoms with E-state index in [1.165, 1.54) is 10.8 Å². The van der Waals surface area contributed by atoms with E-state index in [-0.39, 0.29) is 31.2 Å². The van der Waals surface area contributed by atoms with E-state index in [0.717, 1.165) is 17.5 Å². The van der Waals surface area contributed by atoms with Crippen LogP contribution in [0.3, 0.4) is 0 Å². The molecule has 0 aliphatic rings. The zero-order valence-electron chi connectivity index (χ0n) is 19.0. The fraction of sp³-hybridized carbons (Fsp3) is 0.550. The molecule has 1 heterocycles. The van der Waals surface area contributed by atoms with Crippen molar-refractivity contribution in [2.24, 2.45) is 7.05 Å². The molecule has 178 valence electrons. The second kappa shape index (κ2) is 11.8. The highest BCUT2D eigenvalue weighted by atomic mass is 35.5. The number of hydrogen-bond donors (Lipinski definition) is 2. The van der Waals surface area contributed by atoms with Crippen molar-refractivity contribution in [1.82, 2.24) is 19.7 Å². The van der Waals surface area contributed by atoms with Gasteiger partial charge in [0.05, 0.1) is 13.7 Å². The van der Waals surface area contributed by atoms with E-state index in [4.69, 9.17) is 20.9 Å². The highest BCUT2D eigenvalue weighted by molar-refractivity contribution is 7.54. The molecule has 3 atom stereocenters. The number of benzene rings is 1. The second-order valence-electron chi connectivity index (χ2n) is 7.70. The molecule has 0 saturated heterocycles. The Morgan fingerprint density at radius 2 is 1.97 bits per heavy atom. The Morgan fingerprint density at radius 1 is 1.28 bits per heavy atom. The van der Waals surface area contributed by atoms with Crippen LogP contribution in [0.15, 0.2) is 24.4 Å². The minimum Gasteiger partial charge on any atom is -0.486 e. The molecule has 10 nitrogen and oxygen atoms in total. The summed E-state index contributed by atoms with van der Waals surface area (Å²) in [5, 5.41) is 16.9. The van der Waals surface area contributed by atoms with Crippen molar-refractivity contribution in [1.29, 1.82) is 0 Å². The molecular formula is C20H31ClN5O5P. The number of halogens is 1. The van der Waals surface area contributed by atoms with Gasteiger partial charge in [0.25, 0.3) is 0 Å². The van der Waals surface area contributed by atoms with Crippen molar-refractivity contribution in [3.63, 3.8) is 0 Å². The molecule has 0 fully saturated rings. The summed E-state index contributed by atoms with van der Waals surface area (Å²) in [6, 6.07) is 5.34. The molecule has 0 spiro atoms. The van der Waals surface area contributed by atoms with Crippen LogP contribution in [0.1, 0.15) is 44.0 Å². The van der Waals surface area contributed by atoms with Crippen LogP contribution in [-0.4, -0.2) is 32.4 Å². The molecule has 0 aliphatic carbocycles. The predicted octanol–water partition coefficient (Wildman–Crippen LogP) is 4.45. The lowest BCUT2D eigenvalue weighted by molar-refractivity contribution is -0.396. The van der Waals surface area contributed by atoms with Crippen LogP contribution in [-0.2, 0) is 29.4 Å². The highest BCUT2D eigenvalue weighted by Gasteiger charge is 2.27. The van der Waals surface area contributed by atoms with E-state index in [2.05, 4.69) is 15.2 Å². The van der Waals surface area contributed by atoms with Crippen molar-refractivity contribution >= 4 is 25.2 Å². The molecule has 12 heteroatoms. The molecule has 0 bridgehead atoms. The Labute approximate surface area is 193 Å². The van der Waals surface area contributed by atoms with E-state index < -0.39 is 12.6 Å². The smallest absolute Gasteiger partial charge is 0.434 e. The van der Waals surface area contributed by atoms with Gasteiger partial charge < -0.3 is 19.4 Å². The lowest BCUT2D eigenvalue weighted by Crippen LogP contribution is -2.35. The van der Waals surface area contributed by atoms with E-state index in [9.17, 15) is 14.7 Å². The van der Waals surface area contributed by atoms with Crippen LogP contribution >= 0.6 is 19.3 Å². The van der Waals surface area contributed by atoms with Crippen LogP contribution in [0.5, 0.6) is 5.75 Å². The lowest BCUT2D eigenvalue weighted by Gasteiger charge is -2.26. The third kappa shape index (κ3) is 7.28. The molecule has 1 aromatic carbocycles. The van der Waals surface area contributed by atoms with E-state index in [1.807, 2.05) is 39.8 Å². The van der Waals surface area contributed by atoms with Gasteiger partial charge in [-0.3, -0.25) is 4.57 Å². The Balaban J connectivity index is 2.03. The highest BCUT2D eigenvalue weighted by Crippen LogP contribution is 2.40. The number of alkyl halides is 1. The van der Waals surface area contributed by atoms with Crippen LogP contribution < -0.4 is 14.9 Å². The number of hydrogen-bond acceptors (Lipinski definition) is 6. The summed E-state index contributed by atoms with van der Waals surface area (Å²) in [6.07, 6.45) is 2.22. The SMILES string of the molecule is CC[C@@H](C)NP(=O)(N[C@H](C)CCl)OCc1ccc(OCc2cnc([N+](=O)[O-])n2C)c(C)c1. The Kier molecular flexibility index (Phi) is 9.66. The van der Waals surface area contributed by atoms with Gasteiger partial charge in [-0.05, 0) is 49.3 Å². The molecule has 0 aliphatic heterocycles.